The Hall–Kier alpha value is -0.660. The fraction of sp³-hybridized carbons (Fsp3) is 0.588. The average Bonchev–Trinajstić information content (AvgIpc) is 2.56. The number of hydrogen-bond acceptors (Lipinski definition) is 3. The van der Waals surface area contributed by atoms with Gasteiger partial charge in [-0.1, -0.05) is 0 Å². The molecular weight excluding hydrogens is 391 g/mol. The molecular formula is C17H23IN2O2. The Balaban J connectivity index is 1.57. The Morgan fingerprint density at radius 3 is 2.64 bits per heavy atom. The first kappa shape index (κ1) is 16.2. The molecule has 1 atom stereocenters. The molecule has 2 heterocycles. The highest BCUT2D eigenvalue weighted by molar-refractivity contribution is 14.1. The van der Waals surface area contributed by atoms with Crippen molar-refractivity contribution in [1.29, 1.82) is 0 Å². The van der Waals surface area contributed by atoms with Crippen LogP contribution < -0.4 is 0 Å². The maximum atomic E-state index is 12.6. The number of morpholine rings is 1. The molecule has 2 aliphatic heterocycles. The van der Waals surface area contributed by atoms with Crippen molar-refractivity contribution < 1.29 is 9.53 Å². The third-order valence-corrected chi connectivity index (χ3v) is 5.24. The monoisotopic (exact) mass is 414 g/mol. The topological polar surface area (TPSA) is 32.8 Å². The summed E-state index contributed by atoms with van der Waals surface area (Å²) in [6, 6.07) is 7.89. The Labute approximate surface area is 145 Å². The van der Waals surface area contributed by atoms with Crippen LogP contribution in [0.2, 0.25) is 0 Å². The van der Waals surface area contributed by atoms with Gasteiger partial charge in [0.1, 0.15) is 0 Å². The molecule has 1 aromatic rings. The molecule has 2 fully saturated rings. The van der Waals surface area contributed by atoms with Crippen LogP contribution in [0, 0.1) is 9.49 Å². The van der Waals surface area contributed by atoms with Crippen LogP contribution in [0.3, 0.4) is 0 Å². The van der Waals surface area contributed by atoms with Crippen molar-refractivity contribution in [3.05, 3.63) is 33.4 Å². The zero-order valence-corrected chi connectivity index (χ0v) is 15.0. The van der Waals surface area contributed by atoms with E-state index in [4.69, 9.17) is 4.74 Å². The van der Waals surface area contributed by atoms with Gasteiger partial charge in [0.25, 0.3) is 5.91 Å². The van der Waals surface area contributed by atoms with Crippen LogP contribution >= 0.6 is 22.6 Å². The largest absolute Gasteiger partial charge is 0.379 e. The smallest absolute Gasteiger partial charge is 0.253 e. The van der Waals surface area contributed by atoms with Crippen molar-refractivity contribution in [2.45, 2.75) is 12.8 Å². The number of amides is 1. The lowest BCUT2D eigenvalue weighted by molar-refractivity contribution is 0.0224. The van der Waals surface area contributed by atoms with E-state index >= 15 is 0 Å². The number of nitrogens with zero attached hydrogens (tertiary/aromatic N) is 2. The number of piperidine rings is 1. The molecule has 1 aromatic carbocycles. The molecule has 2 saturated heterocycles. The van der Waals surface area contributed by atoms with Crippen molar-refractivity contribution in [3.63, 3.8) is 0 Å². The Morgan fingerprint density at radius 1 is 1.18 bits per heavy atom. The van der Waals surface area contributed by atoms with Gasteiger partial charge in [-0.25, -0.2) is 0 Å². The predicted octanol–water partition coefficient (Wildman–Crippen LogP) is 2.48. The van der Waals surface area contributed by atoms with Gasteiger partial charge in [-0.3, -0.25) is 9.69 Å². The van der Waals surface area contributed by atoms with Crippen LogP contribution in [0.5, 0.6) is 0 Å². The maximum absolute atomic E-state index is 12.6. The number of hydrogen-bond donors (Lipinski definition) is 0. The lowest BCUT2D eigenvalue weighted by Crippen LogP contribution is -2.46. The Kier molecular flexibility index (Phi) is 5.71. The second-order valence-electron chi connectivity index (χ2n) is 6.18. The average molecular weight is 414 g/mol. The lowest BCUT2D eigenvalue weighted by atomic mass is 9.96. The first-order chi connectivity index (χ1) is 10.7. The number of ether oxygens (including phenoxy) is 1. The zero-order valence-electron chi connectivity index (χ0n) is 12.8. The minimum Gasteiger partial charge on any atom is -0.379 e. The van der Waals surface area contributed by atoms with Crippen molar-refractivity contribution >= 4 is 28.5 Å². The molecule has 4 nitrogen and oxygen atoms in total. The van der Waals surface area contributed by atoms with Gasteiger partial charge in [0, 0.05) is 41.9 Å². The molecule has 0 N–H and O–H groups in total. The van der Waals surface area contributed by atoms with Gasteiger partial charge < -0.3 is 9.64 Å². The van der Waals surface area contributed by atoms with Crippen molar-refractivity contribution in [1.82, 2.24) is 9.80 Å². The summed E-state index contributed by atoms with van der Waals surface area (Å²) >= 11 is 2.27. The molecule has 5 heteroatoms. The molecule has 0 radical (unpaired) electrons. The van der Waals surface area contributed by atoms with E-state index in [-0.39, 0.29) is 5.91 Å². The third kappa shape index (κ3) is 4.20. The summed E-state index contributed by atoms with van der Waals surface area (Å²) < 4.78 is 6.57. The van der Waals surface area contributed by atoms with Crippen LogP contribution in [-0.4, -0.2) is 61.6 Å². The molecule has 120 valence electrons. The number of likely N-dealkylation sites (tertiary alicyclic amines) is 1. The molecule has 0 saturated carbocycles. The first-order valence-corrected chi connectivity index (χ1v) is 9.15. The zero-order chi connectivity index (χ0) is 15.4. The van der Waals surface area contributed by atoms with Crippen LogP contribution in [0.1, 0.15) is 23.2 Å². The SMILES string of the molecule is O=C(c1ccc(I)cc1)N1CCCC(CN2CCOCC2)C1. The number of carbonyl (C=O) groups is 1. The molecule has 0 spiro atoms. The van der Waals surface area contributed by atoms with E-state index in [2.05, 4.69) is 27.5 Å². The highest BCUT2D eigenvalue weighted by Gasteiger charge is 2.26. The number of benzene rings is 1. The van der Waals surface area contributed by atoms with E-state index in [9.17, 15) is 4.79 Å². The second kappa shape index (κ2) is 7.75. The summed E-state index contributed by atoms with van der Waals surface area (Å²) in [5.74, 6) is 0.780. The summed E-state index contributed by atoms with van der Waals surface area (Å²) in [5.41, 5.74) is 0.812. The molecule has 1 unspecified atom stereocenters. The minimum atomic E-state index is 0.183. The molecule has 1 amide bonds. The van der Waals surface area contributed by atoms with Gasteiger partial charge in [0.2, 0.25) is 0 Å². The van der Waals surface area contributed by atoms with Gasteiger partial charge in [0.15, 0.2) is 0 Å². The minimum absolute atomic E-state index is 0.183. The molecule has 22 heavy (non-hydrogen) atoms. The summed E-state index contributed by atoms with van der Waals surface area (Å²) in [7, 11) is 0. The van der Waals surface area contributed by atoms with Gasteiger partial charge in [-0.2, -0.15) is 0 Å². The molecule has 2 aliphatic rings. The van der Waals surface area contributed by atoms with E-state index in [0.29, 0.717) is 5.92 Å². The maximum Gasteiger partial charge on any atom is 0.253 e. The van der Waals surface area contributed by atoms with Crippen molar-refractivity contribution in [3.8, 4) is 0 Å². The van der Waals surface area contributed by atoms with E-state index in [1.807, 2.05) is 29.2 Å². The standard InChI is InChI=1S/C17H23IN2O2/c18-16-5-3-15(4-6-16)17(21)20-7-1-2-14(13-20)12-19-8-10-22-11-9-19/h3-6,14H,1-2,7-13H2. The van der Waals surface area contributed by atoms with Crippen LogP contribution in [0.4, 0.5) is 0 Å². The van der Waals surface area contributed by atoms with E-state index in [0.717, 1.165) is 61.5 Å². The Bertz CT molecular complexity index is 500. The quantitative estimate of drug-likeness (QED) is 0.713. The predicted molar refractivity (Wildman–Crippen MR) is 95.0 cm³/mol. The summed E-state index contributed by atoms with van der Waals surface area (Å²) in [6.07, 6.45) is 2.35. The summed E-state index contributed by atoms with van der Waals surface area (Å²) in [6.45, 7) is 6.63. The Morgan fingerprint density at radius 2 is 1.91 bits per heavy atom. The molecule has 0 aliphatic carbocycles. The van der Waals surface area contributed by atoms with Crippen molar-refractivity contribution in [2.24, 2.45) is 5.92 Å². The normalized spacial score (nSPS) is 23.5. The van der Waals surface area contributed by atoms with Crippen LogP contribution in [-0.2, 0) is 4.74 Å². The fourth-order valence-corrected chi connectivity index (χ4v) is 3.68. The van der Waals surface area contributed by atoms with Gasteiger partial charge in [0.05, 0.1) is 13.2 Å². The summed E-state index contributed by atoms with van der Waals surface area (Å²) in [4.78, 5) is 17.2. The molecule has 0 bridgehead atoms. The van der Waals surface area contributed by atoms with Gasteiger partial charge in [-0.05, 0) is 65.6 Å². The van der Waals surface area contributed by atoms with E-state index < -0.39 is 0 Å². The van der Waals surface area contributed by atoms with Crippen molar-refractivity contribution in [2.75, 3.05) is 45.9 Å². The van der Waals surface area contributed by atoms with E-state index in [1.165, 1.54) is 6.42 Å². The molecule has 0 aromatic heterocycles. The van der Waals surface area contributed by atoms with Crippen LogP contribution in [0.25, 0.3) is 0 Å². The number of carbonyl (C=O) groups excluding carboxylic acids is 1. The van der Waals surface area contributed by atoms with Gasteiger partial charge >= 0.3 is 0 Å². The van der Waals surface area contributed by atoms with Gasteiger partial charge in [-0.15, -0.1) is 0 Å². The number of halogens is 1. The third-order valence-electron chi connectivity index (χ3n) is 4.52. The highest BCUT2D eigenvalue weighted by Crippen LogP contribution is 2.20. The number of rotatable bonds is 3. The fourth-order valence-electron chi connectivity index (χ4n) is 3.32. The van der Waals surface area contributed by atoms with Crippen LogP contribution in [0.15, 0.2) is 24.3 Å². The second-order valence-corrected chi connectivity index (χ2v) is 7.42. The highest BCUT2D eigenvalue weighted by atomic mass is 127. The first-order valence-electron chi connectivity index (χ1n) is 8.07. The van der Waals surface area contributed by atoms with E-state index in [1.54, 1.807) is 0 Å². The lowest BCUT2D eigenvalue weighted by Gasteiger charge is -2.36. The summed E-state index contributed by atoms with van der Waals surface area (Å²) in [5, 5.41) is 0. The molecule has 3 rings (SSSR count).